The highest BCUT2D eigenvalue weighted by Crippen LogP contribution is 2.22. The number of carbonyl (C=O) groups is 1. The second kappa shape index (κ2) is 7.97. The van der Waals surface area contributed by atoms with Gasteiger partial charge in [-0.15, -0.1) is 5.10 Å². The SMILES string of the molecule is COCCN1C[C@@H](Cc2ccc(N3CCSCC3)nn2)CC1=O. The normalized spacial score (nSPS) is 22.0. The fraction of sp³-hybridized carbons (Fsp3) is 0.688. The molecule has 23 heavy (non-hydrogen) atoms. The molecule has 0 spiro atoms. The maximum absolute atomic E-state index is 12.0. The van der Waals surface area contributed by atoms with Crippen LogP contribution < -0.4 is 4.90 Å². The fourth-order valence-corrected chi connectivity index (χ4v) is 4.03. The highest BCUT2D eigenvalue weighted by Gasteiger charge is 2.29. The average molecular weight is 336 g/mol. The summed E-state index contributed by atoms with van der Waals surface area (Å²) < 4.78 is 5.05. The summed E-state index contributed by atoms with van der Waals surface area (Å²) in [7, 11) is 1.66. The van der Waals surface area contributed by atoms with Gasteiger partial charge in [-0.2, -0.15) is 16.9 Å². The molecule has 1 amide bonds. The van der Waals surface area contributed by atoms with Crippen molar-refractivity contribution in [3.8, 4) is 0 Å². The lowest BCUT2D eigenvalue weighted by Crippen LogP contribution is -2.33. The number of hydrogen-bond donors (Lipinski definition) is 0. The number of anilines is 1. The summed E-state index contributed by atoms with van der Waals surface area (Å²) in [6.07, 6.45) is 1.43. The van der Waals surface area contributed by atoms with Crippen molar-refractivity contribution in [1.82, 2.24) is 15.1 Å². The molecule has 3 heterocycles. The largest absolute Gasteiger partial charge is 0.383 e. The lowest BCUT2D eigenvalue weighted by Gasteiger charge is -2.26. The van der Waals surface area contributed by atoms with Crippen molar-refractivity contribution in [2.45, 2.75) is 12.8 Å². The summed E-state index contributed by atoms with van der Waals surface area (Å²) in [6.45, 7) is 4.17. The van der Waals surface area contributed by atoms with Crippen LogP contribution in [-0.2, 0) is 16.0 Å². The Morgan fingerprint density at radius 1 is 1.30 bits per heavy atom. The lowest BCUT2D eigenvalue weighted by atomic mass is 10.0. The van der Waals surface area contributed by atoms with Crippen LogP contribution >= 0.6 is 11.8 Å². The van der Waals surface area contributed by atoms with Crippen LogP contribution in [0.5, 0.6) is 0 Å². The van der Waals surface area contributed by atoms with Crippen molar-refractivity contribution in [2.24, 2.45) is 5.92 Å². The predicted octanol–water partition coefficient (Wildman–Crippen LogP) is 1.07. The van der Waals surface area contributed by atoms with Crippen LogP contribution in [0.25, 0.3) is 0 Å². The van der Waals surface area contributed by atoms with E-state index in [1.54, 1.807) is 7.11 Å². The van der Waals surface area contributed by atoms with Gasteiger partial charge in [-0.25, -0.2) is 0 Å². The van der Waals surface area contributed by atoms with Crippen LogP contribution in [0.3, 0.4) is 0 Å². The van der Waals surface area contributed by atoms with Crippen molar-refractivity contribution in [3.63, 3.8) is 0 Å². The van der Waals surface area contributed by atoms with E-state index < -0.39 is 0 Å². The molecule has 0 unspecified atom stereocenters. The number of methoxy groups -OCH3 is 1. The van der Waals surface area contributed by atoms with Gasteiger partial charge in [-0.05, 0) is 24.5 Å². The highest BCUT2D eigenvalue weighted by atomic mass is 32.2. The van der Waals surface area contributed by atoms with Crippen LogP contribution in [0.2, 0.25) is 0 Å². The third-order valence-electron chi connectivity index (χ3n) is 4.40. The van der Waals surface area contributed by atoms with Crippen molar-refractivity contribution < 1.29 is 9.53 Å². The number of rotatable bonds is 6. The summed E-state index contributed by atoms with van der Waals surface area (Å²) in [5.41, 5.74) is 0.978. The van der Waals surface area contributed by atoms with E-state index in [1.807, 2.05) is 16.7 Å². The van der Waals surface area contributed by atoms with E-state index in [4.69, 9.17) is 4.74 Å². The quantitative estimate of drug-likeness (QED) is 0.774. The molecule has 3 rings (SSSR count). The van der Waals surface area contributed by atoms with Crippen molar-refractivity contribution in [2.75, 3.05) is 56.3 Å². The Labute approximate surface area is 141 Å². The second-order valence-electron chi connectivity index (χ2n) is 6.09. The number of ether oxygens (including phenoxy) is 1. The summed E-state index contributed by atoms with van der Waals surface area (Å²) in [5.74, 6) is 3.85. The third-order valence-corrected chi connectivity index (χ3v) is 5.34. The van der Waals surface area contributed by atoms with Gasteiger partial charge in [0.2, 0.25) is 5.91 Å². The molecule has 2 fully saturated rings. The molecule has 0 aromatic carbocycles. The Kier molecular flexibility index (Phi) is 5.72. The van der Waals surface area contributed by atoms with Gasteiger partial charge in [0.25, 0.3) is 0 Å². The predicted molar refractivity (Wildman–Crippen MR) is 91.8 cm³/mol. The topological polar surface area (TPSA) is 58.6 Å². The average Bonchev–Trinajstić information content (AvgIpc) is 2.94. The third kappa shape index (κ3) is 4.35. The van der Waals surface area contributed by atoms with Crippen molar-refractivity contribution >= 4 is 23.5 Å². The smallest absolute Gasteiger partial charge is 0.223 e. The van der Waals surface area contributed by atoms with Gasteiger partial charge in [-0.3, -0.25) is 4.79 Å². The molecule has 0 saturated carbocycles. The summed E-state index contributed by atoms with van der Waals surface area (Å²) in [5, 5.41) is 8.76. The number of thioether (sulfide) groups is 1. The van der Waals surface area contributed by atoms with Crippen LogP contribution in [0.1, 0.15) is 12.1 Å². The van der Waals surface area contributed by atoms with E-state index in [-0.39, 0.29) is 5.91 Å². The van der Waals surface area contributed by atoms with Crippen LogP contribution in [0.4, 0.5) is 5.82 Å². The van der Waals surface area contributed by atoms with E-state index in [9.17, 15) is 4.79 Å². The molecule has 1 aromatic heterocycles. The van der Waals surface area contributed by atoms with Crippen LogP contribution in [0, 0.1) is 5.92 Å². The first-order valence-electron chi connectivity index (χ1n) is 8.18. The van der Waals surface area contributed by atoms with Gasteiger partial charge in [0.15, 0.2) is 5.82 Å². The maximum Gasteiger partial charge on any atom is 0.223 e. The number of likely N-dealkylation sites (tertiary alicyclic amines) is 1. The first-order chi connectivity index (χ1) is 11.3. The Hall–Kier alpha value is -1.34. The van der Waals surface area contributed by atoms with Gasteiger partial charge in [0.05, 0.1) is 12.3 Å². The molecule has 2 aliphatic rings. The highest BCUT2D eigenvalue weighted by molar-refractivity contribution is 7.99. The number of aromatic nitrogens is 2. The van der Waals surface area contributed by atoms with Gasteiger partial charge < -0.3 is 14.5 Å². The first kappa shape index (κ1) is 16.5. The fourth-order valence-electron chi connectivity index (χ4n) is 3.13. The van der Waals surface area contributed by atoms with E-state index in [0.717, 1.165) is 49.1 Å². The van der Waals surface area contributed by atoms with E-state index in [1.165, 1.54) is 0 Å². The minimum absolute atomic E-state index is 0.224. The molecule has 1 aromatic rings. The number of nitrogens with zero attached hydrogens (tertiary/aromatic N) is 4. The van der Waals surface area contributed by atoms with E-state index in [0.29, 0.717) is 25.5 Å². The Bertz CT molecular complexity index is 519. The summed E-state index contributed by atoms with van der Waals surface area (Å²) >= 11 is 1.99. The second-order valence-corrected chi connectivity index (χ2v) is 7.31. The molecule has 0 N–H and O–H groups in total. The Balaban J connectivity index is 1.53. The standard InChI is InChI=1S/C16H24N4O2S/c1-22-7-4-20-12-13(11-16(20)21)10-14-2-3-15(18-17-14)19-5-8-23-9-6-19/h2-3,13H,4-12H2,1H3/t13-/m0/s1. The molecule has 126 valence electrons. The van der Waals surface area contributed by atoms with Crippen LogP contribution in [0.15, 0.2) is 12.1 Å². The molecule has 1 atom stereocenters. The minimum atomic E-state index is 0.224. The number of hydrogen-bond acceptors (Lipinski definition) is 6. The van der Waals surface area contributed by atoms with Gasteiger partial charge in [-0.1, -0.05) is 0 Å². The molecule has 7 heteroatoms. The Morgan fingerprint density at radius 2 is 2.13 bits per heavy atom. The molecule has 0 bridgehead atoms. The lowest BCUT2D eigenvalue weighted by molar-refractivity contribution is -0.128. The zero-order valence-corrected chi connectivity index (χ0v) is 14.4. The minimum Gasteiger partial charge on any atom is -0.383 e. The van der Waals surface area contributed by atoms with Gasteiger partial charge in [0, 0.05) is 51.2 Å². The summed E-state index contributed by atoms with van der Waals surface area (Å²) in [4.78, 5) is 16.1. The molecule has 6 nitrogen and oxygen atoms in total. The Morgan fingerprint density at radius 3 is 2.83 bits per heavy atom. The first-order valence-corrected chi connectivity index (χ1v) is 9.33. The zero-order valence-electron chi connectivity index (χ0n) is 13.6. The number of amides is 1. The van der Waals surface area contributed by atoms with Gasteiger partial charge >= 0.3 is 0 Å². The van der Waals surface area contributed by atoms with E-state index in [2.05, 4.69) is 27.2 Å². The van der Waals surface area contributed by atoms with E-state index >= 15 is 0 Å². The number of carbonyl (C=O) groups excluding carboxylic acids is 1. The van der Waals surface area contributed by atoms with Crippen molar-refractivity contribution in [1.29, 1.82) is 0 Å². The molecular formula is C16H24N4O2S. The molecule has 2 saturated heterocycles. The summed E-state index contributed by atoms with van der Waals surface area (Å²) in [6, 6.07) is 4.13. The molecule has 2 aliphatic heterocycles. The zero-order chi connectivity index (χ0) is 16.1. The maximum atomic E-state index is 12.0. The monoisotopic (exact) mass is 336 g/mol. The van der Waals surface area contributed by atoms with Crippen LogP contribution in [-0.4, -0.2) is 72.4 Å². The van der Waals surface area contributed by atoms with Gasteiger partial charge in [0.1, 0.15) is 0 Å². The molecular weight excluding hydrogens is 312 g/mol. The molecule has 0 radical (unpaired) electrons. The van der Waals surface area contributed by atoms with Crippen molar-refractivity contribution in [3.05, 3.63) is 17.8 Å². The molecule has 0 aliphatic carbocycles.